The molecule has 0 aliphatic heterocycles. The fraction of sp³-hybridized carbons (Fsp3) is 0.500. The summed E-state index contributed by atoms with van der Waals surface area (Å²) < 4.78 is 0. The van der Waals surface area contributed by atoms with Crippen molar-refractivity contribution in [3.63, 3.8) is 0 Å². The summed E-state index contributed by atoms with van der Waals surface area (Å²) in [6.45, 7) is 5.91. The van der Waals surface area contributed by atoms with Crippen LogP contribution in [0, 0.1) is 0 Å². The fourth-order valence-electron chi connectivity index (χ4n) is 0.522. The van der Waals surface area contributed by atoms with Crippen molar-refractivity contribution in [2.24, 2.45) is 0 Å². The maximum Gasteiger partial charge on any atom is 0.0612 e. The van der Waals surface area contributed by atoms with Gasteiger partial charge in [0.15, 0.2) is 0 Å². The van der Waals surface area contributed by atoms with E-state index in [2.05, 4.69) is 6.58 Å². The summed E-state index contributed by atoms with van der Waals surface area (Å²) in [6.07, 6.45) is 5.74. The van der Waals surface area contributed by atoms with E-state index < -0.39 is 0 Å². The minimum Gasteiger partial charge on any atom is -0.392 e. The molecule has 0 rings (SSSR count). The van der Waals surface area contributed by atoms with E-state index in [0.717, 1.165) is 12.8 Å². The van der Waals surface area contributed by atoms with Crippen LogP contribution in [0.15, 0.2) is 24.3 Å². The Morgan fingerprint density at radius 1 is 1.56 bits per heavy atom. The molecule has 0 amide bonds. The van der Waals surface area contributed by atoms with Crippen molar-refractivity contribution in [1.29, 1.82) is 0 Å². The SMILES string of the molecule is C=C(C)CC/C=C/CO. The molecular weight excluding hydrogens is 112 g/mol. The van der Waals surface area contributed by atoms with E-state index in [-0.39, 0.29) is 6.61 Å². The smallest absolute Gasteiger partial charge is 0.0612 e. The van der Waals surface area contributed by atoms with Crippen LogP contribution in [0.2, 0.25) is 0 Å². The van der Waals surface area contributed by atoms with Gasteiger partial charge in [-0.2, -0.15) is 0 Å². The number of allylic oxidation sites excluding steroid dienone is 2. The first-order chi connectivity index (χ1) is 4.27. The minimum atomic E-state index is 0.149. The van der Waals surface area contributed by atoms with Crippen LogP contribution in [-0.2, 0) is 0 Å². The summed E-state index contributed by atoms with van der Waals surface area (Å²) in [7, 11) is 0. The molecule has 0 aliphatic carbocycles. The molecule has 0 radical (unpaired) electrons. The molecule has 0 heterocycles. The van der Waals surface area contributed by atoms with Crippen LogP contribution < -0.4 is 0 Å². The van der Waals surface area contributed by atoms with Gasteiger partial charge in [0.25, 0.3) is 0 Å². The zero-order valence-electron chi connectivity index (χ0n) is 5.93. The molecule has 0 fully saturated rings. The van der Waals surface area contributed by atoms with Gasteiger partial charge in [-0.25, -0.2) is 0 Å². The number of rotatable bonds is 4. The standard InChI is InChI=1S/C8H14O/c1-8(2)6-4-3-5-7-9/h3,5,9H,1,4,6-7H2,2H3/b5-3+. The summed E-state index contributed by atoms with van der Waals surface area (Å²) in [4.78, 5) is 0. The number of hydrogen-bond acceptors (Lipinski definition) is 1. The quantitative estimate of drug-likeness (QED) is 0.570. The number of hydrogen-bond donors (Lipinski definition) is 1. The van der Waals surface area contributed by atoms with Gasteiger partial charge in [0.1, 0.15) is 0 Å². The molecular formula is C8H14O. The second kappa shape index (κ2) is 5.57. The number of aliphatic hydroxyl groups is 1. The molecule has 0 saturated carbocycles. The van der Waals surface area contributed by atoms with Gasteiger partial charge in [0.2, 0.25) is 0 Å². The van der Waals surface area contributed by atoms with Crippen molar-refractivity contribution in [1.82, 2.24) is 0 Å². The molecule has 1 N–H and O–H groups in total. The van der Waals surface area contributed by atoms with Gasteiger partial charge in [0, 0.05) is 0 Å². The van der Waals surface area contributed by atoms with Crippen molar-refractivity contribution in [3.8, 4) is 0 Å². The van der Waals surface area contributed by atoms with Crippen LogP contribution in [0.25, 0.3) is 0 Å². The summed E-state index contributed by atoms with van der Waals surface area (Å²) in [5.41, 5.74) is 1.19. The Labute approximate surface area is 56.7 Å². The molecule has 0 bridgehead atoms. The molecule has 0 atom stereocenters. The maximum absolute atomic E-state index is 8.32. The van der Waals surface area contributed by atoms with Gasteiger partial charge in [-0.1, -0.05) is 17.7 Å². The van der Waals surface area contributed by atoms with Crippen LogP contribution in [0.5, 0.6) is 0 Å². The highest BCUT2D eigenvalue weighted by Gasteiger charge is 1.80. The van der Waals surface area contributed by atoms with E-state index in [4.69, 9.17) is 5.11 Å². The third-order valence-electron chi connectivity index (χ3n) is 1.01. The highest BCUT2D eigenvalue weighted by atomic mass is 16.2. The molecule has 1 nitrogen and oxygen atoms in total. The lowest BCUT2D eigenvalue weighted by atomic mass is 10.2. The predicted molar refractivity (Wildman–Crippen MR) is 40.3 cm³/mol. The largest absolute Gasteiger partial charge is 0.392 e. The molecule has 0 unspecified atom stereocenters. The Balaban J connectivity index is 3.09. The second-order valence-corrected chi connectivity index (χ2v) is 2.15. The average Bonchev–Trinajstić information content (AvgIpc) is 1.80. The highest BCUT2D eigenvalue weighted by molar-refractivity contribution is 4.92. The van der Waals surface area contributed by atoms with E-state index in [1.54, 1.807) is 6.08 Å². The Morgan fingerprint density at radius 3 is 2.67 bits per heavy atom. The lowest BCUT2D eigenvalue weighted by Crippen LogP contribution is -1.74. The van der Waals surface area contributed by atoms with Crippen molar-refractivity contribution in [2.75, 3.05) is 6.61 Å². The van der Waals surface area contributed by atoms with Gasteiger partial charge in [0.05, 0.1) is 6.61 Å². The van der Waals surface area contributed by atoms with Gasteiger partial charge in [-0.3, -0.25) is 0 Å². The Hall–Kier alpha value is -0.560. The third-order valence-corrected chi connectivity index (χ3v) is 1.01. The minimum absolute atomic E-state index is 0.149. The molecule has 0 aliphatic rings. The average molecular weight is 126 g/mol. The summed E-state index contributed by atoms with van der Waals surface area (Å²) in [6, 6.07) is 0. The molecule has 52 valence electrons. The van der Waals surface area contributed by atoms with Crippen LogP contribution >= 0.6 is 0 Å². The van der Waals surface area contributed by atoms with E-state index >= 15 is 0 Å². The van der Waals surface area contributed by atoms with Crippen molar-refractivity contribution in [3.05, 3.63) is 24.3 Å². The maximum atomic E-state index is 8.32. The highest BCUT2D eigenvalue weighted by Crippen LogP contribution is 1.99. The Bertz CT molecular complexity index is 103. The normalized spacial score (nSPS) is 10.4. The van der Waals surface area contributed by atoms with Gasteiger partial charge in [-0.15, -0.1) is 6.58 Å². The topological polar surface area (TPSA) is 20.2 Å². The predicted octanol–water partition coefficient (Wildman–Crippen LogP) is 1.89. The Kier molecular flexibility index (Phi) is 5.23. The molecule has 1 heteroatoms. The van der Waals surface area contributed by atoms with Gasteiger partial charge in [-0.05, 0) is 19.8 Å². The lowest BCUT2D eigenvalue weighted by molar-refractivity contribution is 0.342. The molecule has 0 spiro atoms. The first-order valence-corrected chi connectivity index (χ1v) is 3.17. The molecule has 0 saturated heterocycles. The zero-order chi connectivity index (χ0) is 7.11. The van der Waals surface area contributed by atoms with Crippen molar-refractivity contribution in [2.45, 2.75) is 19.8 Å². The van der Waals surface area contributed by atoms with Gasteiger partial charge >= 0.3 is 0 Å². The van der Waals surface area contributed by atoms with Gasteiger partial charge < -0.3 is 5.11 Å². The first-order valence-electron chi connectivity index (χ1n) is 3.17. The molecule has 0 aromatic heterocycles. The van der Waals surface area contributed by atoms with E-state index in [1.165, 1.54) is 5.57 Å². The molecule has 0 aromatic rings. The second-order valence-electron chi connectivity index (χ2n) is 2.15. The lowest BCUT2D eigenvalue weighted by Gasteiger charge is -1.90. The van der Waals surface area contributed by atoms with Crippen LogP contribution in [0.4, 0.5) is 0 Å². The van der Waals surface area contributed by atoms with Crippen molar-refractivity contribution >= 4 is 0 Å². The summed E-state index contributed by atoms with van der Waals surface area (Å²) in [5.74, 6) is 0. The van der Waals surface area contributed by atoms with E-state index in [9.17, 15) is 0 Å². The zero-order valence-corrected chi connectivity index (χ0v) is 5.93. The fourth-order valence-corrected chi connectivity index (χ4v) is 0.522. The summed E-state index contributed by atoms with van der Waals surface area (Å²) in [5, 5.41) is 8.32. The molecule has 0 aromatic carbocycles. The molecule has 9 heavy (non-hydrogen) atoms. The van der Waals surface area contributed by atoms with Crippen LogP contribution in [0.1, 0.15) is 19.8 Å². The van der Waals surface area contributed by atoms with Crippen LogP contribution in [-0.4, -0.2) is 11.7 Å². The monoisotopic (exact) mass is 126 g/mol. The van der Waals surface area contributed by atoms with Crippen molar-refractivity contribution < 1.29 is 5.11 Å². The number of aliphatic hydroxyl groups excluding tert-OH is 1. The summed E-state index contributed by atoms with van der Waals surface area (Å²) >= 11 is 0. The van der Waals surface area contributed by atoms with E-state index in [1.807, 2.05) is 13.0 Å². The third kappa shape index (κ3) is 7.44. The van der Waals surface area contributed by atoms with Crippen LogP contribution in [0.3, 0.4) is 0 Å². The first kappa shape index (κ1) is 8.44. The van der Waals surface area contributed by atoms with E-state index in [0.29, 0.717) is 0 Å². The Morgan fingerprint density at radius 2 is 2.22 bits per heavy atom.